The maximum Gasteiger partial charge on any atom is 0.271 e. The molecule has 1 amide bonds. The van der Waals surface area contributed by atoms with Crippen LogP contribution in [0.5, 0.6) is 0 Å². The van der Waals surface area contributed by atoms with E-state index in [1.807, 2.05) is 14.1 Å². The second-order valence-corrected chi connectivity index (χ2v) is 7.42. The molecule has 0 saturated carbocycles. The Kier molecular flexibility index (Phi) is 7.19. The number of nitrogens with one attached hydrogen (secondary N) is 2. The lowest BCUT2D eigenvalue weighted by Gasteiger charge is -2.28. The van der Waals surface area contributed by atoms with Crippen LogP contribution in [0.15, 0.2) is 36.7 Å². The molecule has 2 heterocycles. The average Bonchev–Trinajstić information content (AvgIpc) is 2.73. The molecule has 0 atom stereocenters. The van der Waals surface area contributed by atoms with E-state index >= 15 is 0 Å². The van der Waals surface area contributed by atoms with Crippen molar-refractivity contribution in [3.8, 4) is 0 Å². The minimum Gasteiger partial charge on any atom is -0.372 e. The standard InChI is InChI=1S/C21H30N6O/c1-26(2)12-6-11-22-21(28)19-15-24-20(16-23-19)25-17-7-9-18(10-8-17)27-13-4-3-5-14-27/h7-10,15-16H,3-6,11-14H2,1-2H3,(H,22,28)(H,24,25). The molecule has 1 aliphatic heterocycles. The summed E-state index contributed by atoms with van der Waals surface area (Å²) in [7, 11) is 4.03. The summed E-state index contributed by atoms with van der Waals surface area (Å²) in [5, 5.41) is 6.10. The van der Waals surface area contributed by atoms with Gasteiger partial charge >= 0.3 is 0 Å². The van der Waals surface area contributed by atoms with Gasteiger partial charge in [0.2, 0.25) is 0 Å². The Balaban J connectivity index is 1.50. The number of anilines is 3. The molecule has 1 saturated heterocycles. The van der Waals surface area contributed by atoms with Crippen molar-refractivity contribution in [2.45, 2.75) is 25.7 Å². The number of benzene rings is 1. The predicted octanol–water partition coefficient (Wildman–Crippen LogP) is 2.89. The Bertz CT molecular complexity index is 738. The van der Waals surface area contributed by atoms with Gasteiger partial charge in [-0.1, -0.05) is 0 Å². The molecule has 1 aliphatic rings. The van der Waals surface area contributed by atoms with Crippen LogP contribution in [0.1, 0.15) is 36.2 Å². The number of aromatic nitrogens is 2. The molecule has 2 aromatic rings. The second-order valence-electron chi connectivity index (χ2n) is 7.42. The summed E-state index contributed by atoms with van der Waals surface area (Å²) in [6, 6.07) is 8.38. The summed E-state index contributed by atoms with van der Waals surface area (Å²) in [5.74, 6) is 0.429. The number of carbonyl (C=O) groups is 1. The highest BCUT2D eigenvalue weighted by Gasteiger charge is 2.11. The summed E-state index contributed by atoms with van der Waals surface area (Å²) < 4.78 is 0. The normalized spacial score (nSPS) is 14.2. The third kappa shape index (κ3) is 5.92. The third-order valence-corrected chi connectivity index (χ3v) is 4.81. The van der Waals surface area contributed by atoms with E-state index < -0.39 is 0 Å². The van der Waals surface area contributed by atoms with Crippen LogP contribution in [-0.4, -0.2) is 61.0 Å². The third-order valence-electron chi connectivity index (χ3n) is 4.81. The highest BCUT2D eigenvalue weighted by molar-refractivity contribution is 5.92. The van der Waals surface area contributed by atoms with E-state index in [9.17, 15) is 4.79 Å². The van der Waals surface area contributed by atoms with Gasteiger partial charge in [-0.25, -0.2) is 9.97 Å². The van der Waals surface area contributed by atoms with Gasteiger partial charge < -0.3 is 20.4 Å². The van der Waals surface area contributed by atoms with Crippen molar-refractivity contribution in [3.05, 3.63) is 42.4 Å². The van der Waals surface area contributed by atoms with Crippen LogP contribution in [-0.2, 0) is 0 Å². The maximum atomic E-state index is 12.1. The van der Waals surface area contributed by atoms with Gasteiger partial charge in [-0.3, -0.25) is 4.79 Å². The Morgan fingerprint density at radius 3 is 2.46 bits per heavy atom. The fourth-order valence-electron chi connectivity index (χ4n) is 3.25. The molecular weight excluding hydrogens is 352 g/mol. The topological polar surface area (TPSA) is 73.4 Å². The van der Waals surface area contributed by atoms with Crippen molar-refractivity contribution in [1.82, 2.24) is 20.2 Å². The molecule has 1 aromatic carbocycles. The van der Waals surface area contributed by atoms with E-state index in [2.05, 4.69) is 54.7 Å². The van der Waals surface area contributed by atoms with E-state index in [0.717, 1.165) is 31.7 Å². The number of piperidine rings is 1. The lowest BCUT2D eigenvalue weighted by molar-refractivity contribution is 0.0947. The number of carbonyl (C=O) groups excluding carboxylic acids is 1. The molecule has 0 bridgehead atoms. The van der Waals surface area contributed by atoms with Crippen molar-refractivity contribution >= 4 is 23.1 Å². The highest BCUT2D eigenvalue weighted by Crippen LogP contribution is 2.23. The van der Waals surface area contributed by atoms with Crippen LogP contribution in [0.25, 0.3) is 0 Å². The molecule has 0 aliphatic carbocycles. The van der Waals surface area contributed by atoms with Crippen molar-refractivity contribution in [2.24, 2.45) is 0 Å². The smallest absolute Gasteiger partial charge is 0.271 e. The minimum absolute atomic E-state index is 0.191. The molecule has 0 radical (unpaired) electrons. The van der Waals surface area contributed by atoms with Gasteiger partial charge in [-0.2, -0.15) is 0 Å². The molecule has 150 valence electrons. The minimum atomic E-state index is -0.191. The zero-order chi connectivity index (χ0) is 19.8. The van der Waals surface area contributed by atoms with Crippen molar-refractivity contribution in [3.63, 3.8) is 0 Å². The first-order valence-electron chi connectivity index (χ1n) is 9.99. The molecule has 7 nitrogen and oxygen atoms in total. The van der Waals surface area contributed by atoms with Crippen LogP contribution in [0, 0.1) is 0 Å². The summed E-state index contributed by atoms with van der Waals surface area (Å²) in [5.41, 5.74) is 2.55. The van der Waals surface area contributed by atoms with Crippen LogP contribution in [0.4, 0.5) is 17.2 Å². The number of rotatable bonds is 8. The van der Waals surface area contributed by atoms with E-state index in [1.165, 1.54) is 31.1 Å². The average molecular weight is 383 g/mol. The molecule has 2 N–H and O–H groups in total. The molecule has 0 unspecified atom stereocenters. The van der Waals surface area contributed by atoms with Gasteiger partial charge in [0.15, 0.2) is 0 Å². The van der Waals surface area contributed by atoms with Gasteiger partial charge in [0.25, 0.3) is 5.91 Å². The molecule has 0 spiro atoms. The summed E-state index contributed by atoms with van der Waals surface area (Å²) in [6.45, 7) is 3.83. The van der Waals surface area contributed by atoms with E-state index in [4.69, 9.17) is 0 Å². The zero-order valence-electron chi connectivity index (χ0n) is 16.8. The first-order chi connectivity index (χ1) is 13.6. The quantitative estimate of drug-likeness (QED) is 0.684. The van der Waals surface area contributed by atoms with Crippen LogP contribution < -0.4 is 15.5 Å². The van der Waals surface area contributed by atoms with Gasteiger partial charge in [0, 0.05) is 31.0 Å². The molecule has 1 fully saturated rings. The largest absolute Gasteiger partial charge is 0.372 e. The van der Waals surface area contributed by atoms with Gasteiger partial charge in [-0.15, -0.1) is 0 Å². The van der Waals surface area contributed by atoms with Crippen molar-refractivity contribution in [1.29, 1.82) is 0 Å². The Morgan fingerprint density at radius 1 is 1.07 bits per heavy atom. The second kappa shape index (κ2) is 10.0. The summed E-state index contributed by atoms with van der Waals surface area (Å²) in [6.07, 6.45) is 7.87. The Morgan fingerprint density at radius 2 is 1.82 bits per heavy atom. The van der Waals surface area contributed by atoms with E-state index in [0.29, 0.717) is 18.1 Å². The number of hydrogen-bond acceptors (Lipinski definition) is 6. The van der Waals surface area contributed by atoms with Crippen molar-refractivity contribution in [2.75, 3.05) is 50.5 Å². The van der Waals surface area contributed by atoms with Gasteiger partial charge in [-0.05, 0) is 70.6 Å². The number of hydrogen-bond donors (Lipinski definition) is 2. The SMILES string of the molecule is CN(C)CCCNC(=O)c1cnc(Nc2ccc(N3CCCCC3)cc2)cn1. The van der Waals surface area contributed by atoms with Gasteiger partial charge in [0.05, 0.1) is 12.4 Å². The van der Waals surface area contributed by atoms with Crippen LogP contribution >= 0.6 is 0 Å². The monoisotopic (exact) mass is 382 g/mol. The molecule has 7 heteroatoms. The highest BCUT2D eigenvalue weighted by atomic mass is 16.1. The molecule has 28 heavy (non-hydrogen) atoms. The predicted molar refractivity (Wildman–Crippen MR) is 113 cm³/mol. The van der Waals surface area contributed by atoms with E-state index in [1.54, 1.807) is 6.20 Å². The lowest BCUT2D eigenvalue weighted by atomic mass is 10.1. The van der Waals surface area contributed by atoms with Crippen molar-refractivity contribution < 1.29 is 4.79 Å². The van der Waals surface area contributed by atoms with Crippen LogP contribution in [0.2, 0.25) is 0 Å². The fourth-order valence-corrected chi connectivity index (χ4v) is 3.25. The first-order valence-corrected chi connectivity index (χ1v) is 9.99. The zero-order valence-corrected chi connectivity index (χ0v) is 16.8. The first kappa shape index (κ1) is 20.1. The van der Waals surface area contributed by atoms with Gasteiger partial charge in [0.1, 0.15) is 11.5 Å². The molecule has 1 aromatic heterocycles. The van der Waals surface area contributed by atoms with E-state index in [-0.39, 0.29) is 5.91 Å². The maximum absolute atomic E-state index is 12.1. The Labute approximate surface area is 167 Å². The van der Waals surface area contributed by atoms with Crippen LogP contribution in [0.3, 0.4) is 0 Å². The summed E-state index contributed by atoms with van der Waals surface area (Å²) >= 11 is 0. The number of nitrogens with zero attached hydrogens (tertiary/aromatic N) is 4. The molecule has 3 rings (SSSR count). The lowest BCUT2D eigenvalue weighted by Crippen LogP contribution is -2.29. The molecular formula is C21H30N6O. The summed E-state index contributed by atoms with van der Waals surface area (Å²) in [4.78, 5) is 25.1. The Hall–Kier alpha value is -2.67. The fraction of sp³-hybridized carbons (Fsp3) is 0.476. The number of amides is 1.